The number of ether oxygens (including phenoxy) is 3. The standard InChI is InChI=1S/C23H29NO8/c1-13-12-15(30-23-20(27)18(25)19(26)21(32-23)22(28)29)8-9-16(13)31-17(10-11-24-2)14-6-4-3-5-7-14/h3-9,12,17-21,23-27H,10-11H2,1-2H3,(H,28,29)/t17-,18?,19-,20?,21?,23+/m0/s1. The molecule has 0 amide bonds. The number of nitrogens with one attached hydrogen (secondary N) is 1. The fraction of sp³-hybridized carbons (Fsp3) is 0.435. The molecule has 9 heteroatoms. The highest BCUT2D eigenvalue weighted by Crippen LogP contribution is 2.31. The molecule has 1 aliphatic rings. The van der Waals surface area contributed by atoms with Gasteiger partial charge in [-0.15, -0.1) is 0 Å². The highest BCUT2D eigenvalue weighted by Gasteiger charge is 2.48. The second-order valence-corrected chi connectivity index (χ2v) is 7.69. The maximum atomic E-state index is 11.3. The van der Waals surface area contributed by atoms with Crippen LogP contribution in [-0.2, 0) is 9.53 Å². The lowest BCUT2D eigenvalue weighted by Gasteiger charge is -2.38. The summed E-state index contributed by atoms with van der Waals surface area (Å²) in [5.41, 5.74) is 1.81. The molecule has 2 aromatic carbocycles. The summed E-state index contributed by atoms with van der Waals surface area (Å²) in [7, 11) is 1.88. The zero-order valence-electron chi connectivity index (χ0n) is 17.9. The molecule has 9 nitrogen and oxygen atoms in total. The van der Waals surface area contributed by atoms with Crippen molar-refractivity contribution in [1.29, 1.82) is 0 Å². The summed E-state index contributed by atoms with van der Waals surface area (Å²) in [6.45, 7) is 2.61. The van der Waals surface area contributed by atoms with Crippen molar-refractivity contribution in [2.75, 3.05) is 13.6 Å². The van der Waals surface area contributed by atoms with Crippen LogP contribution in [-0.4, -0.2) is 70.7 Å². The first kappa shape index (κ1) is 24.0. The molecule has 2 aromatic rings. The molecule has 0 spiro atoms. The number of aliphatic carboxylic acids is 1. The molecule has 0 aromatic heterocycles. The molecule has 0 radical (unpaired) electrons. The van der Waals surface area contributed by atoms with Gasteiger partial charge in [0.2, 0.25) is 6.29 Å². The Hall–Kier alpha value is -2.69. The van der Waals surface area contributed by atoms with Crippen molar-refractivity contribution in [3.63, 3.8) is 0 Å². The zero-order valence-corrected chi connectivity index (χ0v) is 17.9. The number of carbonyl (C=O) groups is 1. The predicted molar refractivity (Wildman–Crippen MR) is 114 cm³/mol. The molecule has 1 heterocycles. The molecule has 1 aliphatic heterocycles. The van der Waals surface area contributed by atoms with E-state index in [1.807, 2.05) is 44.3 Å². The van der Waals surface area contributed by atoms with Gasteiger partial charge in [-0.3, -0.25) is 0 Å². The number of aliphatic hydroxyl groups excluding tert-OH is 3. The maximum Gasteiger partial charge on any atom is 0.335 e. The highest BCUT2D eigenvalue weighted by atomic mass is 16.7. The molecule has 3 unspecified atom stereocenters. The molecule has 0 saturated carbocycles. The molecule has 1 fully saturated rings. The van der Waals surface area contributed by atoms with E-state index in [0.717, 1.165) is 24.1 Å². The summed E-state index contributed by atoms with van der Waals surface area (Å²) < 4.78 is 17.0. The third-order valence-electron chi connectivity index (χ3n) is 5.31. The average molecular weight is 447 g/mol. The first-order valence-electron chi connectivity index (χ1n) is 10.4. The van der Waals surface area contributed by atoms with Gasteiger partial charge in [0.05, 0.1) is 0 Å². The normalized spacial score (nSPS) is 26.3. The summed E-state index contributed by atoms with van der Waals surface area (Å²) in [5.74, 6) is -0.532. The number of rotatable bonds is 9. The Morgan fingerprint density at radius 2 is 1.81 bits per heavy atom. The van der Waals surface area contributed by atoms with Gasteiger partial charge >= 0.3 is 5.97 Å². The molecule has 5 N–H and O–H groups in total. The van der Waals surface area contributed by atoms with Crippen molar-refractivity contribution in [3.8, 4) is 11.5 Å². The van der Waals surface area contributed by atoms with Crippen LogP contribution in [0.2, 0.25) is 0 Å². The number of benzene rings is 2. The Kier molecular flexibility index (Phi) is 8.05. The first-order chi connectivity index (χ1) is 15.3. The molecule has 0 aliphatic carbocycles. The van der Waals surface area contributed by atoms with Crippen molar-refractivity contribution < 1.29 is 39.4 Å². The van der Waals surface area contributed by atoms with Gasteiger partial charge in [0.1, 0.15) is 35.9 Å². The Morgan fingerprint density at radius 1 is 1.09 bits per heavy atom. The number of aliphatic hydroxyl groups is 3. The third kappa shape index (κ3) is 5.56. The SMILES string of the molecule is CNCC[C@H](Oc1ccc(O[C@@H]2OC(C(=O)O)[C@@H](O)C(O)C2O)cc1C)c1ccccc1. The largest absolute Gasteiger partial charge is 0.485 e. The van der Waals surface area contributed by atoms with Gasteiger partial charge in [-0.25, -0.2) is 4.79 Å². The van der Waals surface area contributed by atoms with E-state index in [2.05, 4.69) is 5.32 Å². The van der Waals surface area contributed by atoms with Crippen LogP contribution in [0.15, 0.2) is 48.5 Å². The Balaban J connectivity index is 1.73. The minimum Gasteiger partial charge on any atom is -0.485 e. The minimum atomic E-state index is -1.77. The summed E-state index contributed by atoms with van der Waals surface area (Å²) in [6, 6.07) is 14.9. The highest BCUT2D eigenvalue weighted by molar-refractivity contribution is 5.73. The van der Waals surface area contributed by atoms with Gasteiger partial charge in [-0.1, -0.05) is 30.3 Å². The first-order valence-corrected chi connectivity index (χ1v) is 10.4. The maximum absolute atomic E-state index is 11.3. The van der Waals surface area contributed by atoms with E-state index < -0.39 is 36.7 Å². The van der Waals surface area contributed by atoms with Crippen molar-refractivity contribution in [3.05, 3.63) is 59.7 Å². The smallest absolute Gasteiger partial charge is 0.335 e. The molecule has 32 heavy (non-hydrogen) atoms. The van der Waals surface area contributed by atoms with Crippen LogP contribution in [0.25, 0.3) is 0 Å². The zero-order chi connectivity index (χ0) is 23.3. The van der Waals surface area contributed by atoms with E-state index in [0.29, 0.717) is 5.75 Å². The lowest BCUT2D eigenvalue weighted by Crippen LogP contribution is -2.61. The average Bonchev–Trinajstić information content (AvgIpc) is 2.78. The van der Waals surface area contributed by atoms with Gasteiger partial charge in [0.25, 0.3) is 0 Å². The molecule has 3 rings (SSSR count). The van der Waals surface area contributed by atoms with Gasteiger partial charge in [-0.2, -0.15) is 0 Å². The number of hydrogen-bond donors (Lipinski definition) is 5. The lowest BCUT2D eigenvalue weighted by molar-refractivity contribution is -0.271. The van der Waals surface area contributed by atoms with Gasteiger partial charge in [0.15, 0.2) is 6.10 Å². The van der Waals surface area contributed by atoms with Gasteiger partial charge in [-0.05, 0) is 49.8 Å². The van der Waals surface area contributed by atoms with E-state index in [1.165, 1.54) is 0 Å². The van der Waals surface area contributed by atoms with Crippen LogP contribution >= 0.6 is 0 Å². The van der Waals surface area contributed by atoms with Gasteiger partial charge in [0, 0.05) is 6.42 Å². The topological polar surface area (TPSA) is 138 Å². The van der Waals surface area contributed by atoms with E-state index in [-0.39, 0.29) is 11.9 Å². The molecule has 174 valence electrons. The van der Waals surface area contributed by atoms with Crippen molar-refractivity contribution in [1.82, 2.24) is 5.32 Å². The van der Waals surface area contributed by atoms with E-state index in [9.17, 15) is 20.1 Å². The number of carboxylic acid groups (broad SMARTS) is 1. The molecule has 0 bridgehead atoms. The van der Waals surface area contributed by atoms with Crippen LogP contribution in [0.4, 0.5) is 0 Å². The predicted octanol–water partition coefficient (Wildman–Crippen LogP) is 0.996. The summed E-state index contributed by atoms with van der Waals surface area (Å²) in [6.07, 6.45) is -7.71. The molecule has 1 saturated heterocycles. The number of aryl methyl sites for hydroxylation is 1. The fourth-order valence-corrected chi connectivity index (χ4v) is 3.50. The summed E-state index contributed by atoms with van der Waals surface area (Å²) in [4.78, 5) is 11.3. The van der Waals surface area contributed by atoms with Crippen LogP contribution in [0.3, 0.4) is 0 Å². The van der Waals surface area contributed by atoms with Crippen molar-refractivity contribution in [2.45, 2.75) is 50.2 Å². The quantitative estimate of drug-likeness (QED) is 0.381. The number of hydrogen-bond acceptors (Lipinski definition) is 8. The monoisotopic (exact) mass is 447 g/mol. The van der Waals surface area contributed by atoms with Crippen LogP contribution in [0.1, 0.15) is 23.7 Å². The van der Waals surface area contributed by atoms with Crippen molar-refractivity contribution in [2.24, 2.45) is 0 Å². The summed E-state index contributed by atoms with van der Waals surface area (Å²) in [5, 5.41) is 42.2. The Labute approximate surface area is 186 Å². The lowest BCUT2D eigenvalue weighted by atomic mass is 9.99. The Morgan fingerprint density at radius 3 is 2.44 bits per heavy atom. The van der Waals surface area contributed by atoms with E-state index >= 15 is 0 Å². The molecule has 6 atom stereocenters. The minimum absolute atomic E-state index is 0.162. The second kappa shape index (κ2) is 10.8. The molecular formula is C23H29NO8. The fourth-order valence-electron chi connectivity index (χ4n) is 3.50. The van der Waals surface area contributed by atoms with Crippen LogP contribution in [0, 0.1) is 6.92 Å². The number of carboxylic acids is 1. The van der Waals surface area contributed by atoms with Gasteiger partial charge < -0.3 is 40.0 Å². The van der Waals surface area contributed by atoms with Crippen LogP contribution < -0.4 is 14.8 Å². The van der Waals surface area contributed by atoms with Crippen LogP contribution in [0.5, 0.6) is 11.5 Å². The second-order valence-electron chi connectivity index (χ2n) is 7.69. The van der Waals surface area contributed by atoms with E-state index in [1.54, 1.807) is 18.2 Å². The van der Waals surface area contributed by atoms with Crippen molar-refractivity contribution >= 4 is 5.97 Å². The third-order valence-corrected chi connectivity index (χ3v) is 5.31. The van der Waals surface area contributed by atoms with E-state index in [4.69, 9.17) is 19.3 Å². The summed E-state index contributed by atoms with van der Waals surface area (Å²) >= 11 is 0. The molecular weight excluding hydrogens is 418 g/mol. The Bertz CT molecular complexity index is 893.